The molecule has 0 aromatic heterocycles. The summed E-state index contributed by atoms with van der Waals surface area (Å²) in [5.41, 5.74) is 0. The van der Waals surface area contributed by atoms with Crippen LogP contribution in [0.3, 0.4) is 0 Å². The van der Waals surface area contributed by atoms with Crippen LogP contribution in [-0.2, 0) is 0 Å². The summed E-state index contributed by atoms with van der Waals surface area (Å²) in [6.45, 7) is 6.20. The second-order valence-electron chi connectivity index (χ2n) is 4.77. The van der Waals surface area contributed by atoms with E-state index in [9.17, 15) is 0 Å². The summed E-state index contributed by atoms with van der Waals surface area (Å²) in [5.74, 6) is 0. The summed E-state index contributed by atoms with van der Waals surface area (Å²) in [6, 6.07) is 0.211. The molecule has 3 nitrogen and oxygen atoms in total. The number of hydrogen-bond donors (Lipinski definition) is 0. The van der Waals surface area contributed by atoms with Crippen molar-refractivity contribution < 1.29 is 0 Å². The Morgan fingerprint density at radius 3 is 2.21 bits per heavy atom. The van der Waals surface area contributed by atoms with Crippen molar-refractivity contribution in [3.63, 3.8) is 0 Å². The van der Waals surface area contributed by atoms with Crippen LogP contribution >= 0.6 is 58.0 Å². The Kier molecular flexibility index (Phi) is 6.22. The van der Waals surface area contributed by atoms with Gasteiger partial charge >= 0.3 is 0 Å². The molecule has 0 aromatic carbocycles. The van der Waals surface area contributed by atoms with Crippen LogP contribution in [0.4, 0.5) is 0 Å². The highest BCUT2D eigenvalue weighted by Gasteiger charge is 2.54. The highest BCUT2D eigenvalue weighted by molar-refractivity contribution is 6.75. The summed E-state index contributed by atoms with van der Waals surface area (Å²) in [6.07, 6.45) is 4.35. The first kappa shape index (κ1) is 17.8. The molecule has 1 atom stereocenters. The van der Waals surface area contributed by atoms with E-state index in [2.05, 4.69) is 12.0 Å². The number of halogens is 5. The van der Waals surface area contributed by atoms with Crippen LogP contribution < -0.4 is 0 Å². The van der Waals surface area contributed by atoms with Gasteiger partial charge in [0.1, 0.15) is 12.5 Å². The normalized spacial score (nSPS) is 20.8. The lowest BCUT2D eigenvalue weighted by atomic mass is 10.2. The smallest absolute Gasteiger partial charge is 0.241 e. The van der Waals surface area contributed by atoms with Crippen molar-refractivity contribution in [2.45, 2.75) is 60.5 Å². The molecule has 0 fully saturated rings. The van der Waals surface area contributed by atoms with Crippen LogP contribution in [0.2, 0.25) is 0 Å². The Bertz CT molecular complexity index is 327. The van der Waals surface area contributed by atoms with Crippen molar-refractivity contribution in [2.24, 2.45) is 5.10 Å². The standard InChI is InChI=1S/C11H18Cl5N3/c1-4-5-6-9-18(7-17-19(9)8(2)3)11(15,16)10(12,13)14/h7-9H,4-6H2,1-3H3. The van der Waals surface area contributed by atoms with Crippen molar-refractivity contribution in [3.05, 3.63) is 0 Å². The zero-order valence-electron chi connectivity index (χ0n) is 11.1. The maximum absolute atomic E-state index is 6.24. The molecule has 1 unspecified atom stereocenters. The molecule has 0 radical (unpaired) electrons. The minimum Gasteiger partial charge on any atom is -0.304 e. The van der Waals surface area contributed by atoms with Crippen LogP contribution in [-0.4, -0.2) is 36.7 Å². The molecule has 0 N–H and O–H groups in total. The Labute approximate surface area is 139 Å². The summed E-state index contributed by atoms with van der Waals surface area (Å²) in [7, 11) is 0. The van der Waals surface area contributed by atoms with E-state index in [0.29, 0.717) is 0 Å². The average Bonchev–Trinajstić information content (AvgIpc) is 2.68. The maximum Gasteiger partial charge on any atom is 0.241 e. The van der Waals surface area contributed by atoms with Gasteiger partial charge in [-0.2, -0.15) is 5.10 Å². The molecule has 0 aromatic rings. The monoisotopic (exact) mass is 367 g/mol. The van der Waals surface area contributed by atoms with Crippen molar-refractivity contribution in [1.82, 2.24) is 9.91 Å². The molecule has 0 amide bonds. The fourth-order valence-electron chi connectivity index (χ4n) is 1.94. The van der Waals surface area contributed by atoms with Gasteiger partial charge in [0, 0.05) is 6.04 Å². The lowest BCUT2D eigenvalue weighted by Gasteiger charge is -2.41. The van der Waals surface area contributed by atoms with E-state index in [1.54, 1.807) is 11.2 Å². The van der Waals surface area contributed by atoms with Gasteiger partial charge in [0.2, 0.25) is 8.25 Å². The first-order chi connectivity index (χ1) is 8.63. The Balaban J connectivity index is 2.96. The van der Waals surface area contributed by atoms with E-state index in [-0.39, 0.29) is 12.2 Å². The van der Waals surface area contributed by atoms with Gasteiger partial charge in [-0.25, -0.2) is 0 Å². The van der Waals surface area contributed by atoms with Crippen molar-refractivity contribution in [1.29, 1.82) is 0 Å². The molecule has 0 bridgehead atoms. The lowest BCUT2D eigenvalue weighted by molar-refractivity contribution is 0.0766. The molecule has 8 heteroatoms. The van der Waals surface area contributed by atoms with E-state index in [4.69, 9.17) is 58.0 Å². The third-order valence-corrected chi connectivity index (χ3v) is 5.30. The Morgan fingerprint density at radius 2 is 1.79 bits per heavy atom. The highest BCUT2D eigenvalue weighted by Crippen LogP contribution is 2.49. The molecule has 1 rings (SSSR count). The SMILES string of the molecule is CCCCC1N(C(C)C)N=CN1C(Cl)(Cl)C(Cl)(Cl)Cl. The summed E-state index contributed by atoms with van der Waals surface area (Å²) in [4.78, 5) is 1.61. The molecular weight excluding hydrogens is 351 g/mol. The van der Waals surface area contributed by atoms with Crippen LogP contribution in [0, 0.1) is 0 Å². The van der Waals surface area contributed by atoms with Crippen molar-refractivity contribution >= 4 is 64.3 Å². The Hall–Kier alpha value is 0.720. The summed E-state index contributed by atoms with van der Waals surface area (Å²) in [5, 5.41) is 6.24. The van der Waals surface area contributed by atoms with Gasteiger partial charge in [0.25, 0.3) is 0 Å². The van der Waals surface area contributed by atoms with Crippen LogP contribution in [0.25, 0.3) is 0 Å². The highest BCUT2D eigenvalue weighted by atomic mass is 35.6. The second-order valence-corrected chi connectivity index (χ2v) is 8.34. The van der Waals surface area contributed by atoms with Crippen molar-refractivity contribution in [3.8, 4) is 0 Å². The molecule has 0 spiro atoms. The molecule has 1 aliphatic heterocycles. The molecule has 19 heavy (non-hydrogen) atoms. The first-order valence-corrected chi connectivity index (χ1v) is 8.07. The fraction of sp³-hybridized carbons (Fsp3) is 0.909. The first-order valence-electron chi connectivity index (χ1n) is 6.18. The van der Waals surface area contributed by atoms with Gasteiger partial charge in [-0.15, -0.1) is 0 Å². The predicted molar refractivity (Wildman–Crippen MR) is 85.3 cm³/mol. The van der Waals surface area contributed by atoms with Crippen LogP contribution in [0.1, 0.15) is 40.0 Å². The molecule has 0 aliphatic carbocycles. The van der Waals surface area contributed by atoms with E-state index >= 15 is 0 Å². The quantitative estimate of drug-likeness (QED) is 0.503. The molecule has 0 saturated carbocycles. The molecular formula is C11H18Cl5N3. The predicted octanol–water partition coefficient (Wildman–Crippen LogP) is 4.97. The van der Waals surface area contributed by atoms with Gasteiger partial charge in [0.05, 0.1) is 0 Å². The van der Waals surface area contributed by atoms with Gasteiger partial charge < -0.3 is 4.90 Å². The summed E-state index contributed by atoms with van der Waals surface area (Å²) < 4.78 is -3.50. The van der Waals surface area contributed by atoms with Crippen LogP contribution in [0.15, 0.2) is 5.10 Å². The number of hydrogen-bond acceptors (Lipinski definition) is 3. The van der Waals surface area contributed by atoms with Crippen molar-refractivity contribution in [2.75, 3.05) is 0 Å². The fourth-order valence-corrected chi connectivity index (χ4v) is 2.54. The maximum atomic E-state index is 6.24. The van der Waals surface area contributed by atoms with Gasteiger partial charge in [-0.3, -0.25) is 5.01 Å². The number of rotatable bonds is 5. The van der Waals surface area contributed by atoms with Gasteiger partial charge in [-0.05, 0) is 26.7 Å². The zero-order chi connectivity index (χ0) is 14.8. The lowest BCUT2D eigenvalue weighted by Crippen LogP contribution is -2.55. The number of alkyl halides is 5. The average molecular weight is 370 g/mol. The summed E-state index contributed by atoms with van der Waals surface area (Å²) >= 11 is 30.1. The van der Waals surface area contributed by atoms with E-state index in [0.717, 1.165) is 19.3 Å². The topological polar surface area (TPSA) is 18.8 Å². The van der Waals surface area contributed by atoms with E-state index in [1.807, 2.05) is 18.9 Å². The number of hydrazone groups is 1. The molecule has 1 heterocycles. The molecule has 0 saturated heterocycles. The molecule has 1 aliphatic rings. The largest absolute Gasteiger partial charge is 0.304 e. The number of nitrogens with zero attached hydrogens (tertiary/aromatic N) is 3. The Morgan fingerprint density at radius 1 is 1.21 bits per heavy atom. The second kappa shape index (κ2) is 6.65. The third kappa shape index (κ3) is 3.88. The van der Waals surface area contributed by atoms with Gasteiger partial charge in [-0.1, -0.05) is 71.3 Å². The van der Waals surface area contributed by atoms with E-state index in [1.165, 1.54) is 0 Å². The zero-order valence-corrected chi connectivity index (χ0v) is 14.9. The van der Waals surface area contributed by atoms with Gasteiger partial charge in [0.15, 0.2) is 0 Å². The van der Waals surface area contributed by atoms with Crippen LogP contribution in [0.5, 0.6) is 0 Å². The third-order valence-electron chi connectivity index (χ3n) is 2.95. The minimum absolute atomic E-state index is 0.106. The molecule has 112 valence electrons. The van der Waals surface area contributed by atoms with E-state index < -0.39 is 8.25 Å². The number of unbranched alkanes of at least 4 members (excludes halogenated alkanes) is 1. The minimum atomic E-state index is -1.83.